The molecule has 1 aliphatic carbocycles. The van der Waals surface area contributed by atoms with E-state index in [4.69, 9.17) is 0 Å². The Kier molecular flexibility index (Phi) is 6.09. The minimum absolute atomic E-state index is 0.653. The van der Waals surface area contributed by atoms with Gasteiger partial charge in [-0.2, -0.15) is 0 Å². The lowest BCUT2D eigenvalue weighted by Gasteiger charge is -2.22. The van der Waals surface area contributed by atoms with Crippen molar-refractivity contribution in [3.05, 3.63) is 34.9 Å². The third-order valence-electron chi connectivity index (χ3n) is 4.99. The molecule has 1 unspecified atom stereocenters. The molecule has 0 amide bonds. The van der Waals surface area contributed by atoms with Gasteiger partial charge in [-0.15, -0.1) is 0 Å². The van der Waals surface area contributed by atoms with Gasteiger partial charge < -0.3 is 5.32 Å². The van der Waals surface area contributed by atoms with Crippen LogP contribution in [0.25, 0.3) is 0 Å². The molecule has 1 aromatic carbocycles. The highest BCUT2D eigenvalue weighted by molar-refractivity contribution is 5.34. The molecule has 112 valence electrons. The van der Waals surface area contributed by atoms with Crippen molar-refractivity contribution in [1.29, 1.82) is 0 Å². The van der Waals surface area contributed by atoms with Gasteiger partial charge in [-0.3, -0.25) is 0 Å². The van der Waals surface area contributed by atoms with Gasteiger partial charge in [0.05, 0.1) is 0 Å². The minimum atomic E-state index is 0.653. The number of aryl methyl sites for hydroxylation is 2. The molecule has 0 radical (unpaired) electrons. The number of rotatable bonds is 7. The molecule has 0 bridgehead atoms. The first-order chi connectivity index (χ1) is 9.70. The maximum Gasteiger partial charge on any atom is 0.0108 e. The third kappa shape index (κ3) is 4.34. The molecule has 0 heterocycles. The minimum Gasteiger partial charge on any atom is -0.314 e. The Morgan fingerprint density at radius 2 is 1.80 bits per heavy atom. The van der Waals surface area contributed by atoms with E-state index in [2.05, 4.69) is 44.3 Å². The van der Waals surface area contributed by atoms with Gasteiger partial charge in [0.15, 0.2) is 0 Å². The summed E-state index contributed by atoms with van der Waals surface area (Å²) in [6, 6.07) is 7.33. The zero-order valence-electron chi connectivity index (χ0n) is 13.5. The van der Waals surface area contributed by atoms with Crippen molar-refractivity contribution in [3.63, 3.8) is 0 Å². The Labute approximate surface area is 125 Å². The van der Waals surface area contributed by atoms with Crippen molar-refractivity contribution in [3.8, 4) is 0 Å². The fraction of sp³-hybridized carbons (Fsp3) is 0.684. The topological polar surface area (TPSA) is 12.0 Å². The van der Waals surface area contributed by atoms with Crippen molar-refractivity contribution in [1.82, 2.24) is 5.32 Å². The van der Waals surface area contributed by atoms with Crippen molar-refractivity contribution < 1.29 is 0 Å². The van der Waals surface area contributed by atoms with Crippen LogP contribution < -0.4 is 5.32 Å². The molecule has 1 N–H and O–H groups in total. The smallest absolute Gasteiger partial charge is 0.0108 e. The molecule has 1 atom stereocenters. The summed E-state index contributed by atoms with van der Waals surface area (Å²) in [7, 11) is 0. The summed E-state index contributed by atoms with van der Waals surface area (Å²) in [6.07, 6.45) is 9.83. The first-order valence-electron chi connectivity index (χ1n) is 8.49. The second kappa shape index (κ2) is 7.83. The van der Waals surface area contributed by atoms with E-state index < -0.39 is 0 Å². The molecular weight excluding hydrogens is 242 g/mol. The first-order valence-corrected chi connectivity index (χ1v) is 8.49. The Hall–Kier alpha value is -0.820. The molecule has 0 saturated heterocycles. The van der Waals surface area contributed by atoms with Crippen molar-refractivity contribution in [2.45, 2.75) is 71.8 Å². The number of hydrogen-bond donors (Lipinski definition) is 1. The summed E-state index contributed by atoms with van der Waals surface area (Å²) in [6.45, 7) is 7.82. The van der Waals surface area contributed by atoms with E-state index in [1.54, 1.807) is 5.56 Å². The quantitative estimate of drug-likeness (QED) is 0.753. The van der Waals surface area contributed by atoms with Crippen LogP contribution in [0.2, 0.25) is 0 Å². The fourth-order valence-electron chi connectivity index (χ4n) is 3.72. The predicted octanol–water partition coefficient (Wildman–Crippen LogP) is 4.79. The summed E-state index contributed by atoms with van der Waals surface area (Å²) in [5.41, 5.74) is 4.47. The number of likely N-dealkylation sites (N-methyl/N-ethyl adjacent to an activating group) is 1. The summed E-state index contributed by atoms with van der Waals surface area (Å²) < 4.78 is 0. The molecule has 0 spiro atoms. The Morgan fingerprint density at radius 1 is 1.15 bits per heavy atom. The summed E-state index contributed by atoms with van der Waals surface area (Å²) in [5, 5.41) is 3.71. The van der Waals surface area contributed by atoms with E-state index in [9.17, 15) is 0 Å². The molecule has 1 fully saturated rings. The van der Waals surface area contributed by atoms with Crippen LogP contribution in [0.5, 0.6) is 0 Å². The summed E-state index contributed by atoms with van der Waals surface area (Å²) in [4.78, 5) is 0. The molecule has 1 saturated carbocycles. The van der Waals surface area contributed by atoms with Gasteiger partial charge in [0.1, 0.15) is 0 Å². The second-order valence-electron chi connectivity index (χ2n) is 6.56. The monoisotopic (exact) mass is 273 g/mol. The fourth-order valence-corrected chi connectivity index (χ4v) is 3.72. The SMILES string of the molecule is CCNC(CCC1CCCC1)Cc1c(C)cccc1C. The van der Waals surface area contributed by atoms with Crippen LogP contribution in [0.3, 0.4) is 0 Å². The number of nitrogens with one attached hydrogen (secondary N) is 1. The highest BCUT2D eigenvalue weighted by Crippen LogP contribution is 2.29. The van der Waals surface area contributed by atoms with Gasteiger partial charge in [0.2, 0.25) is 0 Å². The Balaban J connectivity index is 1.93. The Morgan fingerprint density at radius 3 is 2.40 bits per heavy atom. The highest BCUT2D eigenvalue weighted by atomic mass is 14.9. The number of hydrogen-bond acceptors (Lipinski definition) is 1. The standard InChI is InChI=1S/C19H31N/c1-4-20-18(13-12-17-10-5-6-11-17)14-19-15(2)8-7-9-16(19)3/h7-9,17-18,20H,4-6,10-14H2,1-3H3. The van der Waals surface area contributed by atoms with Crippen LogP contribution in [-0.2, 0) is 6.42 Å². The van der Waals surface area contributed by atoms with E-state index in [-0.39, 0.29) is 0 Å². The maximum absolute atomic E-state index is 3.71. The molecule has 0 aromatic heterocycles. The van der Waals surface area contributed by atoms with Crippen molar-refractivity contribution in [2.75, 3.05) is 6.54 Å². The van der Waals surface area contributed by atoms with Gasteiger partial charge >= 0.3 is 0 Å². The number of benzene rings is 1. The lowest BCUT2D eigenvalue weighted by atomic mass is 9.91. The lowest BCUT2D eigenvalue weighted by molar-refractivity contribution is 0.407. The van der Waals surface area contributed by atoms with Crippen LogP contribution in [-0.4, -0.2) is 12.6 Å². The molecule has 20 heavy (non-hydrogen) atoms. The van der Waals surface area contributed by atoms with Crippen LogP contribution in [0.4, 0.5) is 0 Å². The van der Waals surface area contributed by atoms with Crippen LogP contribution >= 0.6 is 0 Å². The van der Waals surface area contributed by atoms with E-state index in [1.165, 1.54) is 56.1 Å². The van der Waals surface area contributed by atoms with Crippen LogP contribution in [0.15, 0.2) is 18.2 Å². The molecule has 2 rings (SSSR count). The second-order valence-corrected chi connectivity index (χ2v) is 6.56. The van der Waals surface area contributed by atoms with Crippen LogP contribution in [0, 0.1) is 19.8 Å². The molecule has 1 nitrogen and oxygen atoms in total. The zero-order chi connectivity index (χ0) is 14.4. The van der Waals surface area contributed by atoms with E-state index >= 15 is 0 Å². The predicted molar refractivity (Wildman–Crippen MR) is 88.3 cm³/mol. The molecule has 1 aliphatic rings. The molecular formula is C19H31N. The normalized spacial score (nSPS) is 17.6. The van der Waals surface area contributed by atoms with Gasteiger partial charge in [0, 0.05) is 6.04 Å². The molecule has 0 aliphatic heterocycles. The summed E-state index contributed by atoms with van der Waals surface area (Å²) >= 11 is 0. The van der Waals surface area contributed by atoms with Gasteiger partial charge in [-0.25, -0.2) is 0 Å². The van der Waals surface area contributed by atoms with Crippen LogP contribution in [0.1, 0.15) is 62.1 Å². The third-order valence-corrected chi connectivity index (χ3v) is 4.99. The average Bonchev–Trinajstić information content (AvgIpc) is 2.93. The zero-order valence-corrected chi connectivity index (χ0v) is 13.5. The summed E-state index contributed by atoms with van der Waals surface area (Å²) in [5.74, 6) is 1.01. The molecule has 1 aromatic rings. The van der Waals surface area contributed by atoms with E-state index in [1.807, 2.05) is 0 Å². The van der Waals surface area contributed by atoms with Crippen molar-refractivity contribution in [2.24, 2.45) is 5.92 Å². The highest BCUT2D eigenvalue weighted by Gasteiger charge is 2.18. The van der Waals surface area contributed by atoms with Crippen molar-refractivity contribution >= 4 is 0 Å². The van der Waals surface area contributed by atoms with E-state index in [0.717, 1.165) is 12.5 Å². The average molecular weight is 273 g/mol. The lowest BCUT2D eigenvalue weighted by Crippen LogP contribution is -2.32. The van der Waals surface area contributed by atoms with Gasteiger partial charge in [-0.1, -0.05) is 50.8 Å². The largest absolute Gasteiger partial charge is 0.314 e. The van der Waals surface area contributed by atoms with Gasteiger partial charge in [-0.05, 0) is 62.3 Å². The maximum atomic E-state index is 3.71. The Bertz CT molecular complexity index is 384. The first kappa shape index (κ1) is 15.6. The van der Waals surface area contributed by atoms with Gasteiger partial charge in [0.25, 0.3) is 0 Å². The molecule has 1 heteroatoms. The van der Waals surface area contributed by atoms with E-state index in [0.29, 0.717) is 6.04 Å².